The molecule has 0 unspecified atom stereocenters. The van der Waals surface area contributed by atoms with Crippen LogP contribution in [0.1, 0.15) is 15.9 Å². The summed E-state index contributed by atoms with van der Waals surface area (Å²) in [4.78, 5) is 11.1. The van der Waals surface area contributed by atoms with Gasteiger partial charge in [-0.05, 0) is 58.9 Å². The molecule has 0 radical (unpaired) electrons. The molecule has 0 atom stereocenters. The van der Waals surface area contributed by atoms with Crippen LogP contribution in [-0.4, -0.2) is 13.0 Å². The summed E-state index contributed by atoms with van der Waals surface area (Å²) in [6, 6.07) is 12.8. The van der Waals surface area contributed by atoms with Gasteiger partial charge in [0.15, 0.2) is 0 Å². The molecule has 0 bridgehead atoms. The summed E-state index contributed by atoms with van der Waals surface area (Å²) in [6.07, 6.45) is 0. The molecule has 1 amide bonds. The van der Waals surface area contributed by atoms with Crippen molar-refractivity contribution in [2.24, 2.45) is 5.73 Å². The lowest BCUT2D eigenvalue weighted by atomic mass is 10.2. The molecule has 0 saturated carbocycles. The average Bonchev–Trinajstić information content (AvgIpc) is 2.43. The lowest BCUT2D eigenvalue weighted by Crippen LogP contribution is -2.10. The molecule has 4 nitrogen and oxygen atoms in total. The zero-order valence-electron chi connectivity index (χ0n) is 11.0. The van der Waals surface area contributed by atoms with Gasteiger partial charge >= 0.3 is 0 Å². The maximum atomic E-state index is 11.1. The second-order valence-corrected chi connectivity index (χ2v) is 5.14. The standard InChI is InChI=1S/C15H15BrN2O2/c1-18-9-10-2-5-12(6-3-10)20-14-7-4-11(15(17)19)8-13(14)16/h2-8,18H,9H2,1H3,(H2,17,19). The van der Waals surface area contributed by atoms with Gasteiger partial charge in [0, 0.05) is 12.1 Å². The molecule has 0 fully saturated rings. The van der Waals surface area contributed by atoms with Crippen molar-refractivity contribution in [2.45, 2.75) is 6.54 Å². The average molecular weight is 335 g/mol. The lowest BCUT2D eigenvalue weighted by Gasteiger charge is -2.09. The second kappa shape index (κ2) is 6.54. The van der Waals surface area contributed by atoms with Gasteiger partial charge in [0.1, 0.15) is 11.5 Å². The highest BCUT2D eigenvalue weighted by Gasteiger charge is 2.07. The van der Waals surface area contributed by atoms with E-state index < -0.39 is 5.91 Å². The zero-order valence-corrected chi connectivity index (χ0v) is 12.6. The van der Waals surface area contributed by atoms with Gasteiger partial charge in [-0.1, -0.05) is 12.1 Å². The van der Waals surface area contributed by atoms with Crippen LogP contribution in [0.3, 0.4) is 0 Å². The van der Waals surface area contributed by atoms with Crippen molar-refractivity contribution in [2.75, 3.05) is 7.05 Å². The van der Waals surface area contributed by atoms with Crippen LogP contribution in [0.4, 0.5) is 0 Å². The molecule has 2 aromatic carbocycles. The molecule has 2 aromatic rings. The molecular formula is C15H15BrN2O2. The number of carbonyl (C=O) groups is 1. The minimum Gasteiger partial charge on any atom is -0.456 e. The van der Waals surface area contributed by atoms with Crippen molar-refractivity contribution in [1.29, 1.82) is 0 Å². The maximum absolute atomic E-state index is 11.1. The van der Waals surface area contributed by atoms with Crippen molar-refractivity contribution < 1.29 is 9.53 Å². The molecule has 0 heterocycles. The fraction of sp³-hybridized carbons (Fsp3) is 0.133. The van der Waals surface area contributed by atoms with E-state index in [4.69, 9.17) is 10.5 Å². The number of amides is 1. The van der Waals surface area contributed by atoms with Crippen molar-refractivity contribution >= 4 is 21.8 Å². The Morgan fingerprint density at radius 1 is 1.25 bits per heavy atom. The smallest absolute Gasteiger partial charge is 0.248 e. The van der Waals surface area contributed by atoms with Crippen molar-refractivity contribution in [3.05, 3.63) is 58.1 Å². The number of halogens is 1. The fourth-order valence-electron chi connectivity index (χ4n) is 1.74. The second-order valence-electron chi connectivity index (χ2n) is 4.29. The number of hydrogen-bond donors (Lipinski definition) is 2. The molecule has 0 aromatic heterocycles. The molecule has 0 saturated heterocycles. The van der Waals surface area contributed by atoms with E-state index in [2.05, 4.69) is 21.2 Å². The van der Waals surface area contributed by atoms with Crippen LogP contribution < -0.4 is 15.8 Å². The minimum absolute atomic E-state index is 0.439. The summed E-state index contributed by atoms with van der Waals surface area (Å²) in [5.74, 6) is 0.905. The first-order valence-electron chi connectivity index (χ1n) is 6.11. The monoisotopic (exact) mass is 334 g/mol. The third-order valence-electron chi connectivity index (χ3n) is 2.75. The van der Waals surface area contributed by atoms with Gasteiger partial charge in [0.25, 0.3) is 0 Å². The fourth-order valence-corrected chi connectivity index (χ4v) is 2.20. The molecule has 20 heavy (non-hydrogen) atoms. The maximum Gasteiger partial charge on any atom is 0.248 e. The summed E-state index contributed by atoms with van der Waals surface area (Å²) in [6.45, 7) is 0.817. The topological polar surface area (TPSA) is 64.3 Å². The van der Waals surface area contributed by atoms with Gasteiger partial charge in [-0.2, -0.15) is 0 Å². The van der Waals surface area contributed by atoms with Gasteiger partial charge in [-0.25, -0.2) is 0 Å². The Bertz CT molecular complexity index is 612. The van der Waals surface area contributed by atoms with Gasteiger partial charge < -0.3 is 15.8 Å². The molecule has 3 N–H and O–H groups in total. The van der Waals surface area contributed by atoms with Gasteiger partial charge in [0.05, 0.1) is 4.47 Å². The van der Waals surface area contributed by atoms with Crippen LogP contribution in [0.2, 0.25) is 0 Å². The molecule has 5 heteroatoms. The van der Waals surface area contributed by atoms with Crippen molar-refractivity contribution in [1.82, 2.24) is 5.32 Å². The minimum atomic E-state index is -0.464. The number of carbonyl (C=O) groups excluding carboxylic acids is 1. The van der Waals surface area contributed by atoms with E-state index in [1.807, 2.05) is 31.3 Å². The predicted molar refractivity (Wildman–Crippen MR) is 81.9 cm³/mol. The predicted octanol–water partition coefficient (Wildman–Crippen LogP) is 3.06. The van der Waals surface area contributed by atoms with Crippen LogP contribution in [0.5, 0.6) is 11.5 Å². The Morgan fingerprint density at radius 3 is 2.50 bits per heavy atom. The summed E-state index contributed by atoms with van der Waals surface area (Å²) in [7, 11) is 1.90. The van der Waals surface area contributed by atoms with Crippen LogP contribution in [-0.2, 0) is 6.54 Å². The highest BCUT2D eigenvalue weighted by atomic mass is 79.9. The van der Waals surface area contributed by atoms with E-state index in [1.165, 1.54) is 5.56 Å². The summed E-state index contributed by atoms with van der Waals surface area (Å²) >= 11 is 3.37. The normalized spacial score (nSPS) is 10.3. The highest BCUT2D eigenvalue weighted by molar-refractivity contribution is 9.10. The van der Waals surface area contributed by atoms with Gasteiger partial charge in [0.2, 0.25) is 5.91 Å². The Labute approximate surface area is 126 Å². The Hall–Kier alpha value is -1.85. The molecule has 0 aliphatic heterocycles. The van der Waals surface area contributed by atoms with Gasteiger partial charge in [-0.3, -0.25) is 4.79 Å². The summed E-state index contributed by atoms with van der Waals surface area (Å²) < 4.78 is 6.45. The molecule has 0 spiro atoms. The van der Waals surface area contributed by atoms with E-state index >= 15 is 0 Å². The van der Waals surface area contributed by atoms with E-state index in [1.54, 1.807) is 18.2 Å². The van der Waals surface area contributed by atoms with E-state index in [9.17, 15) is 4.79 Å². The molecule has 104 valence electrons. The highest BCUT2D eigenvalue weighted by Crippen LogP contribution is 2.30. The zero-order chi connectivity index (χ0) is 14.5. The van der Waals surface area contributed by atoms with Crippen LogP contribution >= 0.6 is 15.9 Å². The quantitative estimate of drug-likeness (QED) is 0.883. The number of benzene rings is 2. The SMILES string of the molecule is CNCc1ccc(Oc2ccc(C(N)=O)cc2Br)cc1. The summed E-state index contributed by atoms with van der Waals surface area (Å²) in [5, 5.41) is 3.09. The van der Waals surface area contributed by atoms with E-state index in [0.29, 0.717) is 15.8 Å². The number of nitrogens with one attached hydrogen (secondary N) is 1. The number of nitrogens with two attached hydrogens (primary N) is 1. The number of rotatable bonds is 5. The van der Waals surface area contributed by atoms with Crippen LogP contribution in [0.15, 0.2) is 46.9 Å². The first-order valence-corrected chi connectivity index (χ1v) is 6.90. The lowest BCUT2D eigenvalue weighted by molar-refractivity contribution is 0.1000. The summed E-state index contributed by atoms with van der Waals surface area (Å²) in [5.41, 5.74) is 6.85. The van der Waals surface area contributed by atoms with Gasteiger partial charge in [-0.15, -0.1) is 0 Å². The number of ether oxygens (including phenoxy) is 1. The molecular weight excluding hydrogens is 320 g/mol. The largest absolute Gasteiger partial charge is 0.456 e. The van der Waals surface area contributed by atoms with E-state index in [-0.39, 0.29) is 0 Å². The van der Waals surface area contributed by atoms with Crippen LogP contribution in [0.25, 0.3) is 0 Å². The van der Waals surface area contributed by atoms with Crippen molar-refractivity contribution in [3.63, 3.8) is 0 Å². The third-order valence-corrected chi connectivity index (χ3v) is 3.37. The third kappa shape index (κ3) is 3.59. The Kier molecular flexibility index (Phi) is 4.76. The molecule has 2 rings (SSSR count). The first-order chi connectivity index (χ1) is 9.60. The van der Waals surface area contributed by atoms with E-state index in [0.717, 1.165) is 12.3 Å². The first kappa shape index (κ1) is 14.6. The number of primary amides is 1. The molecule has 0 aliphatic rings. The van der Waals surface area contributed by atoms with Crippen molar-refractivity contribution in [3.8, 4) is 11.5 Å². The Balaban J connectivity index is 2.15. The van der Waals surface area contributed by atoms with Crippen LogP contribution in [0, 0.1) is 0 Å². The molecule has 0 aliphatic carbocycles. The number of hydrogen-bond acceptors (Lipinski definition) is 3. The Morgan fingerprint density at radius 2 is 1.95 bits per heavy atom.